The minimum atomic E-state index is 0.665. The van der Waals surface area contributed by atoms with Crippen molar-refractivity contribution in [2.45, 2.75) is 33.7 Å². The molecule has 3 rings (SSSR count). The molecule has 0 aliphatic carbocycles. The second-order valence-corrected chi connectivity index (χ2v) is 6.19. The van der Waals surface area contributed by atoms with Crippen LogP contribution >= 0.6 is 0 Å². The number of nitrogens with zero attached hydrogens (tertiary/aromatic N) is 5. The normalized spacial score (nSPS) is 10.7. The summed E-state index contributed by atoms with van der Waals surface area (Å²) in [5, 5.41) is 0. The maximum absolute atomic E-state index is 4.71. The Balaban J connectivity index is 1.82. The first-order valence-corrected chi connectivity index (χ1v) is 8.49. The van der Waals surface area contributed by atoms with E-state index in [-0.39, 0.29) is 0 Å². The van der Waals surface area contributed by atoms with Gasteiger partial charge >= 0.3 is 0 Å². The van der Waals surface area contributed by atoms with Gasteiger partial charge in [-0.1, -0.05) is 13.0 Å². The van der Waals surface area contributed by atoms with Gasteiger partial charge in [-0.2, -0.15) is 0 Å². The van der Waals surface area contributed by atoms with Gasteiger partial charge in [0, 0.05) is 36.4 Å². The summed E-state index contributed by atoms with van der Waals surface area (Å²) in [7, 11) is 1.98. The van der Waals surface area contributed by atoms with Gasteiger partial charge in [-0.25, -0.2) is 9.97 Å². The van der Waals surface area contributed by atoms with Crippen LogP contribution in [0.3, 0.4) is 0 Å². The van der Waals surface area contributed by atoms with Crippen LogP contribution in [0, 0.1) is 13.8 Å². The van der Waals surface area contributed by atoms with Crippen molar-refractivity contribution in [2.24, 2.45) is 0 Å². The molecule has 0 radical (unpaired) electrons. The summed E-state index contributed by atoms with van der Waals surface area (Å²) in [5.41, 5.74) is 6.15. The first-order valence-electron chi connectivity index (χ1n) is 8.49. The van der Waals surface area contributed by atoms with Crippen LogP contribution in [0.2, 0.25) is 0 Å². The average Bonchev–Trinajstić information content (AvgIpc) is 2.62. The maximum atomic E-state index is 4.71. The fraction of sp³-hybridized carbons (Fsp3) is 0.300. The van der Waals surface area contributed by atoms with Crippen molar-refractivity contribution in [1.82, 2.24) is 19.9 Å². The number of rotatable bonds is 5. The molecular weight excluding hydrogens is 310 g/mol. The van der Waals surface area contributed by atoms with Gasteiger partial charge in [-0.3, -0.25) is 9.97 Å². The van der Waals surface area contributed by atoms with Gasteiger partial charge in [-0.05, 0) is 50.1 Å². The fourth-order valence-electron chi connectivity index (χ4n) is 2.71. The van der Waals surface area contributed by atoms with E-state index in [0.29, 0.717) is 12.5 Å². The molecule has 0 aliphatic rings. The predicted octanol–water partition coefficient (Wildman–Crippen LogP) is 3.75. The molecule has 0 unspecified atom stereocenters. The molecule has 3 aromatic heterocycles. The molecule has 0 spiro atoms. The van der Waals surface area contributed by atoms with Gasteiger partial charge < -0.3 is 4.90 Å². The zero-order valence-electron chi connectivity index (χ0n) is 15.2. The van der Waals surface area contributed by atoms with Crippen molar-refractivity contribution in [1.29, 1.82) is 0 Å². The third kappa shape index (κ3) is 3.99. The first kappa shape index (κ1) is 17.0. The molecule has 0 saturated heterocycles. The van der Waals surface area contributed by atoms with Crippen molar-refractivity contribution in [3.05, 3.63) is 65.4 Å². The molecule has 0 fully saturated rings. The Kier molecular flexibility index (Phi) is 5.03. The van der Waals surface area contributed by atoms with Crippen LogP contribution in [0.15, 0.2) is 42.7 Å². The summed E-state index contributed by atoms with van der Waals surface area (Å²) in [6.45, 7) is 6.79. The lowest BCUT2D eigenvalue weighted by atomic mass is 10.1. The zero-order chi connectivity index (χ0) is 17.8. The first-order chi connectivity index (χ1) is 12.1. The number of aromatic nitrogens is 4. The Morgan fingerprint density at radius 3 is 2.48 bits per heavy atom. The molecule has 3 heterocycles. The van der Waals surface area contributed by atoms with Gasteiger partial charge in [0.2, 0.25) is 5.95 Å². The summed E-state index contributed by atoms with van der Waals surface area (Å²) < 4.78 is 0. The van der Waals surface area contributed by atoms with Gasteiger partial charge in [0.25, 0.3) is 0 Å². The minimum Gasteiger partial charge on any atom is -0.338 e. The molecule has 25 heavy (non-hydrogen) atoms. The van der Waals surface area contributed by atoms with E-state index in [2.05, 4.69) is 40.1 Å². The molecule has 0 N–H and O–H groups in total. The van der Waals surface area contributed by atoms with Gasteiger partial charge in [0.1, 0.15) is 0 Å². The second-order valence-electron chi connectivity index (χ2n) is 6.19. The smallest absolute Gasteiger partial charge is 0.225 e. The maximum Gasteiger partial charge on any atom is 0.225 e. The van der Waals surface area contributed by atoms with Crippen LogP contribution in [0.5, 0.6) is 0 Å². The molecule has 3 aromatic rings. The van der Waals surface area contributed by atoms with E-state index in [1.54, 1.807) is 6.20 Å². The molecule has 0 saturated carbocycles. The van der Waals surface area contributed by atoms with E-state index in [0.717, 1.165) is 34.8 Å². The van der Waals surface area contributed by atoms with Gasteiger partial charge in [0.05, 0.1) is 17.9 Å². The fourth-order valence-corrected chi connectivity index (χ4v) is 2.71. The number of hydrogen-bond donors (Lipinski definition) is 0. The monoisotopic (exact) mass is 333 g/mol. The van der Waals surface area contributed by atoms with E-state index in [9.17, 15) is 0 Å². The highest BCUT2D eigenvalue weighted by molar-refractivity contribution is 5.62. The van der Waals surface area contributed by atoms with Crippen LogP contribution in [0.4, 0.5) is 5.95 Å². The topological polar surface area (TPSA) is 54.8 Å². The molecule has 0 amide bonds. The highest BCUT2D eigenvalue weighted by atomic mass is 15.2. The molecular formula is C20H23N5. The molecule has 128 valence electrons. The van der Waals surface area contributed by atoms with Crippen molar-refractivity contribution in [2.75, 3.05) is 11.9 Å². The number of aryl methyl sites for hydroxylation is 3. The standard InChI is InChI=1S/C20H23N5/c1-5-16-7-8-17(22-12-16)13-25(4)20-21-11-10-19(24-20)18-9-6-14(2)23-15(18)3/h6-12H,5,13H2,1-4H3. The van der Waals surface area contributed by atoms with Crippen LogP contribution in [0.1, 0.15) is 29.6 Å². The Hall–Kier alpha value is -2.82. The van der Waals surface area contributed by atoms with Crippen molar-refractivity contribution in [3.8, 4) is 11.3 Å². The lowest BCUT2D eigenvalue weighted by Crippen LogP contribution is -2.20. The quantitative estimate of drug-likeness (QED) is 0.712. The number of anilines is 1. The molecule has 0 aliphatic heterocycles. The van der Waals surface area contributed by atoms with E-state index >= 15 is 0 Å². The van der Waals surface area contributed by atoms with Crippen molar-refractivity contribution >= 4 is 5.95 Å². The van der Waals surface area contributed by atoms with E-state index in [1.807, 2.05) is 44.1 Å². The Bertz CT molecular complexity index is 858. The molecule has 0 bridgehead atoms. The average molecular weight is 333 g/mol. The lowest BCUT2D eigenvalue weighted by Gasteiger charge is -2.17. The molecule has 5 nitrogen and oxygen atoms in total. The third-order valence-corrected chi connectivity index (χ3v) is 4.18. The summed E-state index contributed by atoms with van der Waals surface area (Å²) in [4.78, 5) is 20.2. The Labute approximate surface area is 148 Å². The Morgan fingerprint density at radius 2 is 1.80 bits per heavy atom. The van der Waals surface area contributed by atoms with Crippen LogP contribution in [-0.2, 0) is 13.0 Å². The van der Waals surface area contributed by atoms with Crippen molar-refractivity contribution < 1.29 is 0 Å². The van der Waals surface area contributed by atoms with Crippen LogP contribution in [-0.4, -0.2) is 27.0 Å². The zero-order valence-corrected chi connectivity index (χ0v) is 15.2. The highest BCUT2D eigenvalue weighted by Crippen LogP contribution is 2.22. The summed E-state index contributed by atoms with van der Waals surface area (Å²) in [5.74, 6) is 0.679. The van der Waals surface area contributed by atoms with Gasteiger partial charge in [0.15, 0.2) is 0 Å². The van der Waals surface area contributed by atoms with Crippen LogP contribution < -0.4 is 4.90 Å². The van der Waals surface area contributed by atoms with Crippen LogP contribution in [0.25, 0.3) is 11.3 Å². The lowest BCUT2D eigenvalue weighted by molar-refractivity contribution is 0.839. The second kappa shape index (κ2) is 7.38. The minimum absolute atomic E-state index is 0.665. The third-order valence-electron chi connectivity index (χ3n) is 4.18. The summed E-state index contributed by atoms with van der Waals surface area (Å²) in [6.07, 6.45) is 4.72. The summed E-state index contributed by atoms with van der Waals surface area (Å²) >= 11 is 0. The van der Waals surface area contributed by atoms with E-state index < -0.39 is 0 Å². The Morgan fingerprint density at radius 1 is 0.960 bits per heavy atom. The predicted molar refractivity (Wildman–Crippen MR) is 100 cm³/mol. The molecule has 5 heteroatoms. The molecule has 0 atom stereocenters. The summed E-state index contributed by atoms with van der Waals surface area (Å²) in [6, 6.07) is 10.2. The van der Waals surface area contributed by atoms with Crippen molar-refractivity contribution in [3.63, 3.8) is 0 Å². The SMILES string of the molecule is CCc1ccc(CN(C)c2nccc(-c3ccc(C)nc3C)n2)nc1. The highest BCUT2D eigenvalue weighted by Gasteiger charge is 2.10. The largest absolute Gasteiger partial charge is 0.338 e. The van der Waals surface area contributed by atoms with E-state index in [1.165, 1.54) is 5.56 Å². The number of pyridine rings is 2. The van der Waals surface area contributed by atoms with E-state index in [4.69, 9.17) is 4.98 Å². The van der Waals surface area contributed by atoms with Gasteiger partial charge in [-0.15, -0.1) is 0 Å². The molecule has 0 aromatic carbocycles. The number of hydrogen-bond acceptors (Lipinski definition) is 5.